The topological polar surface area (TPSA) is 35.5 Å². The molecule has 1 rings (SSSR count). The zero-order valence-corrected chi connectivity index (χ0v) is 12.9. The van der Waals surface area contributed by atoms with Gasteiger partial charge in [0.05, 0.1) is 6.61 Å². The quantitative estimate of drug-likeness (QED) is 0.306. The summed E-state index contributed by atoms with van der Waals surface area (Å²) in [4.78, 5) is 10.9. The highest BCUT2D eigenvalue weighted by atomic mass is 28.2. The maximum absolute atomic E-state index is 10.9. The van der Waals surface area contributed by atoms with Crippen molar-refractivity contribution in [2.75, 3.05) is 13.2 Å². The average Bonchev–Trinajstić information content (AvgIpc) is 2.42. The van der Waals surface area contributed by atoms with Gasteiger partial charge < -0.3 is 9.16 Å². The van der Waals surface area contributed by atoms with E-state index in [0.717, 1.165) is 36.4 Å². The second-order valence-electron chi connectivity index (χ2n) is 3.99. The SMILES string of the molecule is C=CC(=O)OCCCc1ccccc1CCO[SiH3]. The fourth-order valence-corrected chi connectivity index (χ4v) is 1.96. The fraction of sp³-hybridized carbons (Fsp3) is 0.357. The van der Waals surface area contributed by atoms with Crippen LogP contribution in [0.4, 0.5) is 0 Å². The van der Waals surface area contributed by atoms with Gasteiger partial charge in [0.2, 0.25) is 0 Å². The average molecular weight is 264 g/mol. The van der Waals surface area contributed by atoms with Crippen LogP contribution in [-0.4, -0.2) is 29.7 Å². The van der Waals surface area contributed by atoms with Crippen LogP contribution in [0.5, 0.6) is 0 Å². The molecule has 0 aromatic heterocycles. The molecule has 0 spiro atoms. The molecule has 0 unspecified atom stereocenters. The molecule has 0 saturated heterocycles. The molecule has 0 aliphatic heterocycles. The maximum atomic E-state index is 10.9. The first-order chi connectivity index (χ1) is 8.77. The molecule has 0 aliphatic carbocycles. The van der Waals surface area contributed by atoms with Gasteiger partial charge in [0.15, 0.2) is 0 Å². The van der Waals surface area contributed by atoms with Crippen molar-refractivity contribution in [1.82, 2.24) is 0 Å². The zero-order valence-electron chi connectivity index (χ0n) is 10.9. The van der Waals surface area contributed by atoms with Crippen LogP contribution in [0, 0.1) is 0 Å². The Morgan fingerprint density at radius 3 is 2.50 bits per heavy atom. The third-order valence-electron chi connectivity index (χ3n) is 2.70. The molecular formula is C14H20O3Si. The molecule has 0 radical (unpaired) electrons. The molecule has 18 heavy (non-hydrogen) atoms. The van der Waals surface area contributed by atoms with Crippen LogP contribution < -0.4 is 0 Å². The summed E-state index contributed by atoms with van der Waals surface area (Å²) in [5.41, 5.74) is 2.63. The second-order valence-corrected chi connectivity index (χ2v) is 4.56. The smallest absolute Gasteiger partial charge is 0.330 e. The minimum absolute atomic E-state index is 0.354. The largest absolute Gasteiger partial charge is 0.463 e. The Bertz CT molecular complexity index is 390. The standard InChI is InChI=1S/C14H20O3Si/c1-2-14(15)16-10-5-8-12-6-3-4-7-13(12)9-11-17-18/h2-4,6-7H,1,5,8-11H2,18H3. The van der Waals surface area contributed by atoms with Crippen LogP contribution in [0.2, 0.25) is 0 Å². The highest BCUT2D eigenvalue weighted by Crippen LogP contribution is 2.12. The summed E-state index contributed by atoms with van der Waals surface area (Å²) in [6, 6.07) is 8.34. The third-order valence-corrected chi connectivity index (χ3v) is 3.10. The van der Waals surface area contributed by atoms with E-state index >= 15 is 0 Å². The summed E-state index contributed by atoms with van der Waals surface area (Å²) in [6.45, 7) is 4.59. The van der Waals surface area contributed by atoms with Crippen molar-refractivity contribution < 1.29 is 14.0 Å². The molecule has 3 nitrogen and oxygen atoms in total. The first-order valence-corrected chi connectivity index (χ1v) is 6.94. The predicted molar refractivity (Wildman–Crippen MR) is 75.5 cm³/mol. The van der Waals surface area contributed by atoms with Crippen LogP contribution in [0.25, 0.3) is 0 Å². The van der Waals surface area contributed by atoms with Gasteiger partial charge >= 0.3 is 5.97 Å². The van der Waals surface area contributed by atoms with Crippen LogP contribution in [0.15, 0.2) is 36.9 Å². The number of hydrogen-bond donors (Lipinski definition) is 0. The van der Waals surface area contributed by atoms with Gasteiger partial charge in [0.1, 0.15) is 10.5 Å². The molecule has 4 heteroatoms. The van der Waals surface area contributed by atoms with Gasteiger partial charge in [0.25, 0.3) is 0 Å². The second kappa shape index (κ2) is 8.66. The Balaban J connectivity index is 2.40. The summed E-state index contributed by atoms with van der Waals surface area (Å²) in [7, 11) is 0.782. The fourth-order valence-electron chi connectivity index (χ4n) is 1.75. The number of hydrogen-bond acceptors (Lipinski definition) is 3. The Labute approximate surface area is 111 Å². The van der Waals surface area contributed by atoms with Crippen molar-refractivity contribution >= 4 is 16.5 Å². The van der Waals surface area contributed by atoms with Gasteiger partial charge in [-0.15, -0.1) is 0 Å². The molecule has 0 heterocycles. The molecule has 0 N–H and O–H groups in total. The summed E-state index contributed by atoms with van der Waals surface area (Å²) >= 11 is 0. The molecule has 0 aliphatic rings. The predicted octanol–water partition coefficient (Wildman–Crippen LogP) is 1.19. The highest BCUT2D eigenvalue weighted by molar-refractivity contribution is 5.97. The van der Waals surface area contributed by atoms with Crippen molar-refractivity contribution in [3.8, 4) is 0 Å². The van der Waals surface area contributed by atoms with E-state index in [9.17, 15) is 4.79 Å². The summed E-state index contributed by atoms with van der Waals surface area (Å²) in [5, 5.41) is 0. The molecule has 0 bridgehead atoms. The molecule has 1 aromatic rings. The summed E-state index contributed by atoms with van der Waals surface area (Å²) in [6.07, 6.45) is 3.89. The normalized spacial score (nSPS) is 10.2. The lowest BCUT2D eigenvalue weighted by atomic mass is 10.0. The Morgan fingerprint density at radius 2 is 1.89 bits per heavy atom. The Morgan fingerprint density at radius 1 is 1.22 bits per heavy atom. The number of esters is 1. The van der Waals surface area contributed by atoms with E-state index in [1.54, 1.807) is 0 Å². The van der Waals surface area contributed by atoms with Gasteiger partial charge in [-0.1, -0.05) is 30.8 Å². The van der Waals surface area contributed by atoms with Crippen molar-refractivity contribution in [3.63, 3.8) is 0 Å². The van der Waals surface area contributed by atoms with Crippen LogP contribution in [0.3, 0.4) is 0 Å². The Kier molecular flexibility index (Phi) is 7.06. The van der Waals surface area contributed by atoms with Gasteiger partial charge in [-0.25, -0.2) is 4.79 Å². The molecular weight excluding hydrogens is 244 g/mol. The van der Waals surface area contributed by atoms with E-state index in [-0.39, 0.29) is 5.97 Å². The molecule has 1 aromatic carbocycles. The molecule has 0 fully saturated rings. The lowest BCUT2D eigenvalue weighted by Crippen LogP contribution is -2.05. The number of ether oxygens (including phenoxy) is 1. The van der Waals surface area contributed by atoms with Crippen molar-refractivity contribution in [2.45, 2.75) is 19.3 Å². The summed E-state index contributed by atoms with van der Waals surface area (Å²) < 4.78 is 10.2. The number of benzene rings is 1. The Hall–Kier alpha value is -1.39. The van der Waals surface area contributed by atoms with Crippen molar-refractivity contribution in [3.05, 3.63) is 48.0 Å². The monoisotopic (exact) mass is 264 g/mol. The lowest BCUT2D eigenvalue weighted by molar-refractivity contribution is -0.137. The zero-order chi connectivity index (χ0) is 13.2. The summed E-state index contributed by atoms with van der Waals surface area (Å²) in [5.74, 6) is -0.354. The van der Waals surface area contributed by atoms with E-state index in [1.165, 1.54) is 17.2 Å². The van der Waals surface area contributed by atoms with E-state index in [0.29, 0.717) is 6.61 Å². The van der Waals surface area contributed by atoms with Crippen molar-refractivity contribution in [1.29, 1.82) is 0 Å². The van der Waals surface area contributed by atoms with Gasteiger partial charge in [-0.3, -0.25) is 0 Å². The first kappa shape index (κ1) is 14.7. The number of rotatable bonds is 8. The third kappa shape index (κ3) is 5.29. The van der Waals surface area contributed by atoms with Crippen LogP contribution in [0.1, 0.15) is 17.5 Å². The van der Waals surface area contributed by atoms with E-state index in [1.807, 2.05) is 12.1 Å². The van der Waals surface area contributed by atoms with E-state index in [4.69, 9.17) is 9.16 Å². The number of carbonyl (C=O) groups excluding carboxylic acids is 1. The van der Waals surface area contributed by atoms with Gasteiger partial charge in [0, 0.05) is 12.7 Å². The molecule has 0 amide bonds. The number of aryl methyl sites for hydroxylation is 1. The van der Waals surface area contributed by atoms with E-state index < -0.39 is 0 Å². The minimum Gasteiger partial charge on any atom is -0.463 e. The molecule has 0 saturated carbocycles. The van der Waals surface area contributed by atoms with Gasteiger partial charge in [-0.05, 0) is 30.4 Å². The highest BCUT2D eigenvalue weighted by Gasteiger charge is 2.02. The van der Waals surface area contributed by atoms with Crippen LogP contribution >= 0.6 is 0 Å². The molecule has 98 valence electrons. The number of carbonyl (C=O) groups is 1. The van der Waals surface area contributed by atoms with E-state index in [2.05, 4.69) is 18.7 Å². The maximum Gasteiger partial charge on any atom is 0.330 e. The lowest BCUT2D eigenvalue weighted by Gasteiger charge is -2.09. The molecule has 0 atom stereocenters. The van der Waals surface area contributed by atoms with Gasteiger partial charge in [-0.2, -0.15) is 0 Å². The van der Waals surface area contributed by atoms with Crippen LogP contribution in [-0.2, 0) is 26.8 Å². The minimum atomic E-state index is -0.354. The van der Waals surface area contributed by atoms with Crippen molar-refractivity contribution in [2.24, 2.45) is 0 Å². The first-order valence-electron chi connectivity index (χ1n) is 6.13.